The van der Waals surface area contributed by atoms with Gasteiger partial charge in [0, 0.05) is 19.4 Å². The van der Waals surface area contributed by atoms with Gasteiger partial charge in [0.05, 0.1) is 6.61 Å². The molecule has 0 N–H and O–H groups in total. The van der Waals surface area contributed by atoms with Gasteiger partial charge in [-0.15, -0.1) is 0 Å². The summed E-state index contributed by atoms with van der Waals surface area (Å²) < 4.78 is 62.6. The molecular formula is C15H17F4NO3. The second kappa shape index (κ2) is 7.06. The number of carbonyl (C=O) groups is 1. The van der Waals surface area contributed by atoms with E-state index in [0.29, 0.717) is 10.6 Å². The molecule has 2 unspecified atom stereocenters. The van der Waals surface area contributed by atoms with Crippen LogP contribution in [0.25, 0.3) is 0 Å². The van der Waals surface area contributed by atoms with E-state index in [-0.39, 0.29) is 26.0 Å². The van der Waals surface area contributed by atoms with Crippen molar-refractivity contribution in [1.82, 2.24) is 4.90 Å². The maximum absolute atomic E-state index is 13.2. The van der Waals surface area contributed by atoms with E-state index in [4.69, 9.17) is 4.74 Å². The summed E-state index contributed by atoms with van der Waals surface area (Å²) in [5.41, 5.74) is 0. The lowest BCUT2D eigenvalue weighted by Crippen LogP contribution is -2.55. The van der Waals surface area contributed by atoms with Crippen LogP contribution in [0.2, 0.25) is 0 Å². The molecule has 8 heteroatoms. The van der Waals surface area contributed by atoms with Crippen molar-refractivity contribution in [1.29, 1.82) is 0 Å². The van der Waals surface area contributed by atoms with Crippen molar-refractivity contribution >= 4 is 6.09 Å². The van der Waals surface area contributed by atoms with E-state index >= 15 is 0 Å². The Morgan fingerprint density at radius 1 is 1.30 bits per heavy atom. The van der Waals surface area contributed by atoms with Crippen molar-refractivity contribution in [3.8, 4) is 5.75 Å². The molecule has 4 nitrogen and oxygen atoms in total. The van der Waals surface area contributed by atoms with Crippen LogP contribution in [-0.4, -0.2) is 42.5 Å². The van der Waals surface area contributed by atoms with E-state index in [1.54, 1.807) is 0 Å². The average Bonchev–Trinajstić information content (AvgIpc) is 2.49. The number of halogens is 4. The predicted molar refractivity (Wildman–Crippen MR) is 73.6 cm³/mol. The molecule has 2 atom stereocenters. The summed E-state index contributed by atoms with van der Waals surface area (Å²) in [6.45, 7) is 1.43. The fourth-order valence-corrected chi connectivity index (χ4v) is 2.48. The van der Waals surface area contributed by atoms with E-state index in [0.717, 1.165) is 0 Å². The number of piperidine rings is 1. The first-order chi connectivity index (χ1) is 10.8. The molecule has 1 aliphatic rings. The SMILES string of the molecule is CCOC(=O)N1CCC(Oc2ccc(F)cc2)CC1C(F)(F)F. The summed E-state index contributed by atoms with van der Waals surface area (Å²) in [6, 6.07) is 3.10. The zero-order valence-corrected chi connectivity index (χ0v) is 12.5. The van der Waals surface area contributed by atoms with Gasteiger partial charge in [-0.2, -0.15) is 13.2 Å². The van der Waals surface area contributed by atoms with Crippen molar-refractivity contribution in [3.05, 3.63) is 30.1 Å². The summed E-state index contributed by atoms with van der Waals surface area (Å²) in [4.78, 5) is 12.4. The third kappa shape index (κ3) is 4.49. The molecule has 1 aromatic rings. The van der Waals surface area contributed by atoms with Gasteiger partial charge >= 0.3 is 12.3 Å². The minimum atomic E-state index is -4.57. The highest BCUT2D eigenvalue weighted by molar-refractivity contribution is 5.68. The molecule has 0 radical (unpaired) electrons. The van der Waals surface area contributed by atoms with Crippen LogP contribution in [0.4, 0.5) is 22.4 Å². The highest BCUT2D eigenvalue weighted by Crippen LogP contribution is 2.34. The molecule has 1 fully saturated rings. The molecular weight excluding hydrogens is 318 g/mol. The molecule has 23 heavy (non-hydrogen) atoms. The lowest BCUT2D eigenvalue weighted by atomic mass is 9.99. The van der Waals surface area contributed by atoms with Crippen LogP contribution in [0.1, 0.15) is 19.8 Å². The Morgan fingerprint density at radius 3 is 2.52 bits per heavy atom. The first kappa shape index (κ1) is 17.4. The Balaban J connectivity index is 2.07. The van der Waals surface area contributed by atoms with Gasteiger partial charge in [0.2, 0.25) is 0 Å². The average molecular weight is 335 g/mol. The minimum Gasteiger partial charge on any atom is -0.490 e. The number of alkyl halides is 3. The van der Waals surface area contributed by atoms with E-state index in [1.165, 1.54) is 31.2 Å². The van der Waals surface area contributed by atoms with E-state index in [1.807, 2.05) is 0 Å². The number of carbonyl (C=O) groups excluding carboxylic acids is 1. The van der Waals surface area contributed by atoms with E-state index < -0.39 is 30.2 Å². The van der Waals surface area contributed by atoms with Crippen molar-refractivity contribution in [2.45, 2.75) is 38.1 Å². The number of hydrogen-bond donors (Lipinski definition) is 0. The molecule has 2 rings (SSSR count). The van der Waals surface area contributed by atoms with Gasteiger partial charge < -0.3 is 9.47 Å². The largest absolute Gasteiger partial charge is 0.490 e. The van der Waals surface area contributed by atoms with E-state index in [9.17, 15) is 22.4 Å². The first-order valence-electron chi connectivity index (χ1n) is 7.23. The maximum Gasteiger partial charge on any atom is 0.410 e. The lowest BCUT2D eigenvalue weighted by molar-refractivity contribution is -0.192. The Labute approximate surface area is 131 Å². The van der Waals surface area contributed by atoms with Crippen molar-refractivity contribution < 1.29 is 31.8 Å². The van der Waals surface area contributed by atoms with Crippen LogP contribution in [0.5, 0.6) is 5.75 Å². The van der Waals surface area contributed by atoms with Gasteiger partial charge in [-0.3, -0.25) is 4.90 Å². The van der Waals surface area contributed by atoms with Crippen LogP contribution in [0.3, 0.4) is 0 Å². The number of ether oxygens (including phenoxy) is 2. The van der Waals surface area contributed by atoms with Crippen LogP contribution in [0, 0.1) is 5.82 Å². The van der Waals surface area contributed by atoms with Gasteiger partial charge in [-0.1, -0.05) is 0 Å². The van der Waals surface area contributed by atoms with Gasteiger partial charge in [-0.05, 0) is 31.2 Å². The van der Waals surface area contributed by atoms with Gasteiger partial charge in [0.15, 0.2) is 0 Å². The molecule has 1 amide bonds. The Morgan fingerprint density at radius 2 is 1.96 bits per heavy atom. The van der Waals surface area contributed by atoms with Crippen LogP contribution in [-0.2, 0) is 4.74 Å². The highest BCUT2D eigenvalue weighted by atomic mass is 19.4. The van der Waals surface area contributed by atoms with Gasteiger partial charge in [-0.25, -0.2) is 9.18 Å². The van der Waals surface area contributed by atoms with Gasteiger partial charge in [0.1, 0.15) is 23.7 Å². The Kier molecular flexibility index (Phi) is 5.33. The molecule has 0 bridgehead atoms. The molecule has 0 aliphatic carbocycles. The molecule has 1 heterocycles. The van der Waals surface area contributed by atoms with Crippen molar-refractivity contribution in [3.63, 3.8) is 0 Å². The Hall–Kier alpha value is -1.99. The van der Waals surface area contributed by atoms with Crippen LogP contribution < -0.4 is 4.74 Å². The standard InChI is InChI=1S/C15H17F4NO3/c1-2-22-14(21)20-8-7-12(9-13(20)15(17,18)19)23-11-5-3-10(16)4-6-11/h3-6,12-13H,2,7-9H2,1H3. The maximum atomic E-state index is 13.2. The van der Waals surface area contributed by atoms with Crippen LogP contribution in [0.15, 0.2) is 24.3 Å². The smallest absolute Gasteiger partial charge is 0.410 e. The second-order valence-electron chi connectivity index (χ2n) is 5.17. The second-order valence-corrected chi connectivity index (χ2v) is 5.17. The predicted octanol–water partition coefficient (Wildman–Crippen LogP) is 3.76. The van der Waals surface area contributed by atoms with E-state index in [2.05, 4.69) is 4.74 Å². The summed E-state index contributed by atoms with van der Waals surface area (Å²) in [5, 5.41) is 0. The number of hydrogen-bond acceptors (Lipinski definition) is 3. The summed E-state index contributed by atoms with van der Waals surface area (Å²) in [6.07, 6.45) is -6.41. The quantitative estimate of drug-likeness (QED) is 0.790. The number of rotatable bonds is 3. The molecule has 1 aliphatic heterocycles. The number of benzene rings is 1. The van der Waals surface area contributed by atoms with Crippen molar-refractivity contribution in [2.75, 3.05) is 13.2 Å². The number of amides is 1. The third-order valence-electron chi connectivity index (χ3n) is 3.55. The first-order valence-corrected chi connectivity index (χ1v) is 7.23. The van der Waals surface area contributed by atoms with Crippen LogP contribution >= 0.6 is 0 Å². The summed E-state index contributed by atoms with van der Waals surface area (Å²) >= 11 is 0. The molecule has 128 valence electrons. The summed E-state index contributed by atoms with van der Waals surface area (Å²) in [7, 11) is 0. The third-order valence-corrected chi connectivity index (χ3v) is 3.55. The Bertz CT molecular complexity index is 533. The molecule has 0 spiro atoms. The normalized spacial score (nSPS) is 21.9. The monoisotopic (exact) mass is 335 g/mol. The molecule has 1 saturated heterocycles. The topological polar surface area (TPSA) is 38.8 Å². The lowest BCUT2D eigenvalue weighted by Gasteiger charge is -2.39. The fourth-order valence-electron chi connectivity index (χ4n) is 2.48. The molecule has 1 aromatic carbocycles. The zero-order chi connectivity index (χ0) is 17.0. The highest BCUT2D eigenvalue weighted by Gasteiger charge is 2.49. The molecule has 0 saturated carbocycles. The fraction of sp³-hybridized carbons (Fsp3) is 0.533. The van der Waals surface area contributed by atoms with Gasteiger partial charge in [0.25, 0.3) is 0 Å². The minimum absolute atomic E-state index is 0.00934. The summed E-state index contributed by atoms with van der Waals surface area (Å²) in [5.74, 6) is -0.162. The molecule has 0 aromatic heterocycles. The number of nitrogens with zero attached hydrogens (tertiary/aromatic N) is 1. The zero-order valence-electron chi connectivity index (χ0n) is 12.5. The number of likely N-dealkylation sites (tertiary alicyclic amines) is 1. The van der Waals surface area contributed by atoms with Crippen molar-refractivity contribution in [2.24, 2.45) is 0 Å².